The molecule has 1 amide bonds. The summed E-state index contributed by atoms with van der Waals surface area (Å²) in [5.41, 5.74) is 3.33. The molecule has 6 rings (SSSR count). The van der Waals surface area contributed by atoms with Crippen molar-refractivity contribution < 1.29 is 9.32 Å². The average Bonchev–Trinajstić information content (AvgIpc) is 3.47. The van der Waals surface area contributed by atoms with Gasteiger partial charge in [-0.05, 0) is 42.6 Å². The number of rotatable bonds is 7. The molecule has 0 spiro atoms. The van der Waals surface area contributed by atoms with Crippen LogP contribution in [0.25, 0.3) is 11.4 Å². The molecule has 2 aliphatic rings. The highest BCUT2D eigenvalue weighted by Crippen LogP contribution is 2.30. The number of piperazine rings is 1. The lowest BCUT2D eigenvalue weighted by molar-refractivity contribution is -0.139. The number of carbonyl (C=O) groups is 1. The van der Waals surface area contributed by atoms with Gasteiger partial charge in [-0.2, -0.15) is 4.98 Å². The zero-order valence-corrected chi connectivity index (χ0v) is 23.3. The number of nitrogens with zero attached hydrogens (tertiary/aromatic N) is 5. The number of hydrogen-bond donors (Lipinski definition) is 0. The second-order valence-corrected chi connectivity index (χ2v) is 11.1. The first-order chi connectivity index (χ1) is 19.7. The second kappa shape index (κ2) is 12.3. The van der Waals surface area contributed by atoms with Gasteiger partial charge in [-0.15, -0.1) is 0 Å². The molecule has 40 heavy (non-hydrogen) atoms. The molecule has 0 bridgehead atoms. The van der Waals surface area contributed by atoms with Gasteiger partial charge < -0.3 is 9.42 Å². The molecular weight excluding hydrogens is 522 g/mol. The van der Waals surface area contributed by atoms with Crippen LogP contribution in [0, 0.1) is 5.92 Å². The van der Waals surface area contributed by atoms with Crippen LogP contribution in [-0.4, -0.2) is 70.0 Å². The van der Waals surface area contributed by atoms with Crippen molar-refractivity contribution in [3.05, 3.63) is 107 Å². The van der Waals surface area contributed by atoms with Crippen molar-refractivity contribution >= 4 is 17.5 Å². The highest BCUT2D eigenvalue weighted by molar-refractivity contribution is 6.33. The molecular formula is C32H34ClN5O2. The topological polar surface area (TPSA) is 65.7 Å². The van der Waals surface area contributed by atoms with Gasteiger partial charge in [0.25, 0.3) is 0 Å². The van der Waals surface area contributed by atoms with Crippen LogP contribution in [0.5, 0.6) is 0 Å². The van der Waals surface area contributed by atoms with Crippen molar-refractivity contribution in [2.45, 2.75) is 25.4 Å². The summed E-state index contributed by atoms with van der Waals surface area (Å²) in [4.78, 5) is 25.0. The van der Waals surface area contributed by atoms with E-state index in [1.54, 1.807) is 0 Å². The van der Waals surface area contributed by atoms with Gasteiger partial charge in [-0.3, -0.25) is 14.6 Å². The van der Waals surface area contributed by atoms with Crippen LogP contribution in [0.3, 0.4) is 0 Å². The fourth-order valence-corrected chi connectivity index (χ4v) is 6.23. The fraction of sp³-hybridized carbons (Fsp3) is 0.344. The molecule has 3 heterocycles. The van der Waals surface area contributed by atoms with Gasteiger partial charge >= 0.3 is 0 Å². The summed E-state index contributed by atoms with van der Waals surface area (Å²) in [6.45, 7) is 5.35. The molecule has 1 atom stereocenters. The third-order valence-electron chi connectivity index (χ3n) is 8.02. The SMILES string of the molecule is O=C(C1CCCN(Cc2nc(-c3ccccc3Cl)no2)C1)N1CCN(C(c2ccccc2)c2ccccc2)CC1. The van der Waals surface area contributed by atoms with E-state index >= 15 is 0 Å². The summed E-state index contributed by atoms with van der Waals surface area (Å²) in [6, 6.07) is 29.0. The summed E-state index contributed by atoms with van der Waals surface area (Å²) in [5, 5.41) is 4.72. The van der Waals surface area contributed by atoms with E-state index in [1.165, 1.54) is 11.1 Å². The maximum absolute atomic E-state index is 13.6. The Morgan fingerprint density at radius 2 is 1.52 bits per heavy atom. The maximum atomic E-state index is 13.6. The van der Waals surface area contributed by atoms with Crippen molar-refractivity contribution in [2.24, 2.45) is 5.92 Å². The zero-order chi connectivity index (χ0) is 27.3. The van der Waals surface area contributed by atoms with Crippen molar-refractivity contribution in [3.63, 3.8) is 0 Å². The Morgan fingerprint density at radius 3 is 2.20 bits per heavy atom. The number of hydrogen-bond acceptors (Lipinski definition) is 6. The number of likely N-dealkylation sites (tertiary alicyclic amines) is 1. The molecule has 4 aromatic rings. The number of halogens is 1. The Bertz CT molecular complexity index is 1370. The zero-order valence-electron chi connectivity index (χ0n) is 22.5. The van der Waals surface area contributed by atoms with Crippen molar-refractivity contribution in [2.75, 3.05) is 39.3 Å². The quantitative estimate of drug-likeness (QED) is 0.298. The van der Waals surface area contributed by atoms with Crippen LogP contribution in [0.1, 0.15) is 35.9 Å². The molecule has 3 aromatic carbocycles. The number of piperidine rings is 1. The number of carbonyl (C=O) groups excluding carboxylic acids is 1. The minimum absolute atomic E-state index is 0.00898. The van der Waals surface area contributed by atoms with E-state index in [0.717, 1.165) is 51.1 Å². The highest BCUT2D eigenvalue weighted by Gasteiger charge is 2.33. The van der Waals surface area contributed by atoms with Crippen molar-refractivity contribution in [1.82, 2.24) is 24.8 Å². The first-order valence-electron chi connectivity index (χ1n) is 14.1. The summed E-state index contributed by atoms with van der Waals surface area (Å²) < 4.78 is 5.53. The molecule has 0 saturated carbocycles. The van der Waals surface area contributed by atoms with Crippen LogP contribution in [0.15, 0.2) is 89.5 Å². The van der Waals surface area contributed by atoms with E-state index in [1.807, 2.05) is 24.3 Å². The molecule has 1 unspecified atom stereocenters. The Kier molecular flexibility index (Phi) is 8.23. The Labute approximate surface area is 240 Å². The third kappa shape index (κ3) is 5.97. The lowest BCUT2D eigenvalue weighted by Gasteiger charge is -2.41. The van der Waals surface area contributed by atoms with Gasteiger partial charge in [0.05, 0.1) is 23.5 Å². The fourth-order valence-electron chi connectivity index (χ4n) is 6.01. The minimum atomic E-state index is -0.00898. The van der Waals surface area contributed by atoms with E-state index in [0.29, 0.717) is 29.8 Å². The van der Waals surface area contributed by atoms with E-state index in [4.69, 9.17) is 16.1 Å². The maximum Gasteiger partial charge on any atom is 0.241 e. The van der Waals surface area contributed by atoms with E-state index in [2.05, 4.69) is 85.5 Å². The minimum Gasteiger partial charge on any atom is -0.340 e. The highest BCUT2D eigenvalue weighted by atomic mass is 35.5. The summed E-state index contributed by atoms with van der Waals surface area (Å²) in [7, 11) is 0. The monoisotopic (exact) mass is 555 g/mol. The van der Waals surface area contributed by atoms with Crippen LogP contribution < -0.4 is 0 Å². The molecule has 0 aliphatic carbocycles. The molecule has 2 fully saturated rings. The van der Waals surface area contributed by atoms with E-state index < -0.39 is 0 Å². The van der Waals surface area contributed by atoms with Crippen LogP contribution >= 0.6 is 11.6 Å². The van der Waals surface area contributed by atoms with Gasteiger partial charge in [0.15, 0.2) is 0 Å². The summed E-state index contributed by atoms with van der Waals surface area (Å²) >= 11 is 6.30. The lowest BCUT2D eigenvalue weighted by Crippen LogP contribution is -2.53. The number of benzene rings is 3. The van der Waals surface area contributed by atoms with Crippen molar-refractivity contribution in [1.29, 1.82) is 0 Å². The first-order valence-corrected chi connectivity index (χ1v) is 14.5. The molecule has 7 nitrogen and oxygen atoms in total. The Balaban J connectivity index is 1.06. The molecule has 206 valence electrons. The predicted octanol–water partition coefficient (Wildman–Crippen LogP) is 5.54. The van der Waals surface area contributed by atoms with Crippen molar-refractivity contribution in [3.8, 4) is 11.4 Å². The molecule has 2 saturated heterocycles. The van der Waals surface area contributed by atoms with E-state index in [-0.39, 0.29) is 17.9 Å². The standard InChI is InChI=1S/C32H34ClN5O2/c33-28-16-8-7-15-27(28)31-34-29(40-35-31)23-36-17-9-14-26(22-36)32(39)38-20-18-37(19-21-38)30(24-10-3-1-4-11-24)25-12-5-2-6-13-25/h1-8,10-13,15-16,26,30H,9,14,17-23H2. The van der Waals surface area contributed by atoms with Gasteiger partial charge in [0.1, 0.15) is 0 Å². The normalized spacial score (nSPS) is 18.8. The van der Waals surface area contributed by atoms with E-state index in [9.17, 15) is 4.79 Å². The smallest absolute Gasteiger partial charge is 0.241 e. The van der Waals surface area contributed by atoms with Crippen LogP contribution in [0.2, 0.25) is 5.02 Å². The molecule has 8 heteroatoms. The number of aromatic nitrogens is 2. The van der Waals surface area contributed by atoms with Crippen LogP contribution in [-0.2, 0) is 11.3 Å². The van der Waals surface area contributed by atoms with Gasteiger partial charge in [-0.25, -0.2) is 0 Å². The lowest BCUT2D eigenvalue weighted by atomic mass is 9.95. The van der Waals surface area contributed by atoms with Gasteiger partial charge in [0, 0.05) is 38.3 Å². The predicted molar refractivity (Wildman–Crippen MR) is 156 cm³/mol. The summed E-state index contributed by atoms with van der Waals surface area (Å²) in [6.07, 6.45) is 1.90. The average molecular weight is 556 g/mol. The van der Waals surface area contributed by atoms with Gasteiger partial charge in [0.2, 0.25) is 17.6 Å². The Morgan fingerprint density at radius 1 is 0.875 bits per heavy atom. The van der Waals surface area contributed by atoms with Gasteiger partial charge in [-0.1, -0.05) is 89.6 Å². The molecule has 2 aliphatic heterocycles. The third-order valence-corrected chi connectivity index (χ3v) is 8.35. The largest absolute Gasteiger partial charge is 0.340 e. The number of amides is 1. The van der Waals surface area contributed by atoms with Crippen LogP contribution in [0.4, 0.5) is 0 Å². The molecule has 1 aromatic heterocycles. The summed E-state index contributed by atoms with van der Waals surface area (Å²) in [5.74, 6) is 1.30. The molecule has 0 N–H and O–H groups in total. The molecule has 0 radical (unpaired) electrons. The second-order valence-electron chi connectivity index (χ2n) is 10.7. The first kappa shape index (κ1) is 26.7. The Hall–Kier alpha value is -3.52.